The summed E-state index contributed by atoms with van der Waals surface area (Å²) < 4.78 is 41.5. The molecule has 0 saturated heterocycles. The predicted octanol–water partition coefficient (Wildman–Crippen LogP) is 5.70. The molecule has 2 aromatic carbocycles. The molecule has 0 atom stereocenters. The highest BCUT2D eigenvalue weighted by atomic mass is 35.5. The van der Waals surface area contributed by atoms with Gasteiger partial charge >= 0.3 is 5.89 Å². The summed E-state index contributed by atoms with van der Waals surface area (Å²) >= 11 is 12.6. The Kier molecular flexibility index (Phi) is 8.10. The summed E-state index contributed by atoms with van der Waals surface area (Å²) in [5.74, 6) is 1.07. The lowest BCUT2D eigenvalue weighted by atomic mass is 10.2. The number of hydrogen-bond acceptors (Lipinski definition) is 6. The molecule has 7 nitrogen and oxygen atoms in total. The molecule has 0 spiro atoms. The maximum atomic E-state index is 11.2. The fourth-order valence-electron chi connectivity index (χ4n) is 4.36. The van der Waals surface area contributed by atoms with Crippen LogP contribution in [-0.4, -0.2) is 31.8 Å². The molecule has 1 aromatic heterocycles. The molecule has 0 bridgehead atoms. The quantitative estimate of drug-likeness (QED) is 0.252. The van der Waals surface area contributed by atoms with E-state index < -0.39 is 15.9 Å². The number of benzene rings is 2. The smallest absolute Gasteiger partial charge is 0.373 e. The Balaban J connectivity index is 1.68. The van der Waals surface area contributed by atoms with Crippen LogP contribution < -0.4 is 14.4 Å². The fourth-order valence-corrected chi connectivity index (χ4v) is 5.16. The molecule has 10 heteroatoms. The van der Waals surface area contributed by atoms with Gasteiger partial charge in [-0.05, 0) is 56.7 Å². The van der Waals surface area contributed by atoms with E-state index in [-0.39, 0.29) is 6.42 Å². The Morgan fingerprint density at radius 3 is 2.33 bits per heavy atom. The van der Waals surface area contributed by atoms with E-state index in [2.05, 4.69) is 16.4 Å². The molecule has 0 N–H and O–H groups in total. The molecular formula is C26H27Cl2N3O4S. The Bertz CT molecular complexity index is 1400. The topological polar surface area (TPSA) is 80.7 Å². The lowest BCUT2D eigenvalue weighted by Gasteiger charge is -2.24. The minimum absolute atomic E-state index is 0.179. The molecule has 36 heavy (non-hydrogen) atoms. The van der Waals surface area contributed by atoms with Crippen molar-refractivity contribution in [1.29, 1.82) is 0 Å². The average Bonchev–Trinajstić information content (AvgIpc) is 3.38. The lowest BCUT2D eigenvalue weighted by Crippen LogP contribution is -2.35. The van der Waals surface area contributed by atoms with Gasteiger partial charge in [0.2, 0.25) is 0 Å². The average molecular weight is 548 g/mol. The highest BCUT2D eigenvalue weighted by Gasteiger charge is 2.31. The number of hydrogen-bond donors (Lipinski definition) is 0. The maximum Gasteiger partial charge on any atom is 0.373 e. The zero-order valence-corrected chi connectivity index (χ0v) is 22.4. The normalized spacial score (nSPS) is 14.9. The van der Waals surface area contributed by atoms with Crippen LogP contribution in [0.5, 0.6) is 0 Å². The Hall–Kier alpha value is -2.78. The molecule has 0 unspecified atom stereocenters. The molecule has 0 radical (unpaired) electrons. The van der Waals surface area contributed by atoms with Gasteiger partial charge in [-0.25, -0.2) is 8.42 Å². The van der Waals surface area contributed by atoms with Crippen molar-refractivity contribution < 1.29 is 22.0 Å². The number of halogens is 2. The van der Waals surface area contributed by atoms with Crippen LogP contribution in [0.3, 0.4) is 0 Å². The van der Waals surface area contributed by atoms with E-state index >= 15 is 0 Å². The molecule has 0 saturated carbocycles. The van der Waals surface area contributed by atoms with Crippen LogP contribution in [0.4, 0.5) is 11.4 Å². The second-order valence-electron chi connectivity index (χ2n) is 8.22. The summed E-state index contributed by atoms with van der Waals surface area (Å²) in [5.41, 5.74) is 3.73. The van der Waals surface area contributed by atoms with Crippen molar-refractivity contribution in [3.63, 3.8) is 0 Å². The lowest BCUT2D eigenvalue weighted by molar-refractivity contribution is -0.688. The second-order valence-corrected chi connectivity index (χ2v) is 10.6. The van der Waals surface area contributed by atoms with Crippen LogP contribution >= 0.6 is 23.2 Å². The van der Waals surface area contributed by atoms with Gasteiger partial charge in [0.15, 0.2) is 6.26 Å². The highest BCUT2D eigenvalue weighted by Crippen LogP contribution is 2.45. The molecule has 1 aliphatic heterocycles. The van der Waals surface area contributed by atoms with Crippen LogP contribution in [0, 0.1) is 0 Å². The monoisotopic (exact) mass is 547 g/mol. The fraction of sp³-hybridized carbons (Fsp3) is 0.269. The first-order valence-electron chi connectivity index (χ1n) is 11.7. The molecule has 4 rings (SSSR count). The van der Waals surface area contributed by atoms with Crippen LogP contribution in [0.1, 0.15) is 26.2 Å². The van der Waals surface area contributed by atoms with Gasteiger partial charge < -0.3 is 18.8 Å². The van der Waals surface area contributed by atoms with E-state index in [4.69, 9.17) is 27.6 Å². The van der Waals surface area contributed by atoms with Crippen molar-refractivity contribution in [2.24, 2.45) is 0 Å². The van der Waals surface area contributed by atoms with Crippen LogP contribution in [0.2, 0.25) is 10.0 Å². The van der Waals surface area contributed by atoms with Gasteiger partial charge in [0.25, 0.3) is 5.69 Å². The van der Waals surface area contributed by atoms with Gasteiger partial charge in [0.05, 0.1) is 37.6 Å². The largest absolute Gasteiger partial charge is 0.748 e. The van der Waals surface area contributed by atoms with Crippen molar-refractivity contribution in [3.05, 3.63) is 82.6 Å². The van der Waals surface area contributed by atoms with Crippen LogP contribution in [0.15, 0.2) is 71.1 Å². The number of oxazole rings is 1. The summed E-state index contributed by atoms with van der Waals surface area (Å²) in [6.45, 7) is 5.78. The van der Waals surface area contributed by atoms with Gasteiger partial charge in [0, 0.05) is 24.4 Å². The van der Waals surface area contributed by atoms with E-state index in [1.165, 1.54) is 0 Å². The number of allylic oxidation sites excluding steroid dienone is 2. The van der Waals surface area contributed by atoms with Crippen LogP contribution in [-0.2, 0) is 16.7 Å². The van der Waals surface area contributed by atoms with Crippen LogP contribution in [0.25, 0.3) is 17.3 Å². The Labute approximate surface area is 221 Å². The van der Waals surface area contributed by atoms with E-state index in [0.29, 0.717) is 29.0 Å². The van der Waals surface area contributed by atoms with Crippen molar-refractivity contribution in [2.45, 2.75) is 26.8 Å². The molecule has 190 valence electrons. The van der Waals surface area contributed by atoms with Crippen molar-refractivity contribution >= 4 is 50.8 Å². The Morgan fingerprint density at radius 1 is 1.06 bits per heavy atom. The molecular weight excluding hydrogens is 521 g/mol. The first kappa shape index (κ1) is 26.3. The summed E-state index contributed by atoms with van der Waals surface area (Å²) in [6.07, 6.45) is 7.64. The summed E-state index contributed by atoms with van der Waals surface area (Å²) in [5, 5.41) is 0.832. The molecule has 3 aromatic rings. The van der Waals surface area contributed by atoms with Gasteiger partial charge in [-0.3, -0.25) is 0 Å². The number of fused-ring (bicyclic) bond motifs is 1. The minimum Gasteiger partial charge on any atom is -0.748 e. The number of nitrogens with zero attached hydrogens (tertiary/aromatic N) is 3. The highest BCUT2D eigenvalue weighted by molar-refractivity contribution is 7.85. The molecule has 0 fully saturated rings. The van der Waals surface area contributed by atoms with Gasteiger partial charge in [-0.15, -0.1) is 0 Å². The first-order chi connectivity index (χ1) is 17.2. The van der Waals surface area contributed by atoms with Crippen molar-refractivity contribution in [3.8, 4) is 11.3 Å². The third-order valence-corrected chi connectivity index (χ3v) is 7.47. The summed E-state index contributed by atoms with van der Waals surface area (Å²) in [7, 11) is -4.31. The summed E-state index contributed by atoms with van der Waals surface area (Å²) in [6, 6.07) is 13.6. The molecule has 0 aliphatic carbocycles. The maximum absolute atomic E-state index is 11.2. The van der Waals surface area contributed by atoms with E-state index in [1.54, 1.807) is 18.4 Å². The number of rotatable bonds is 9. The first-order valence-corrected chi connectivity index (χ1v) is 14.0. The second kappa shape index (κ2) is 11.1. The Morgan fingerprint density at radius 2 is 1.72 bits per heavy atom. The van der Waals surface area contributed by atoms with E-state index in [9.17, 15) is 13.0 Å². The number of anilines is 2. The molecule has 1 aliphatic rings. The zero-order valence-electron chi connectivity index (χ0n) is 20.0. The van der Waals surface area contributed by atoms with E-state index in [0.717, 1.165) is 35.0 Å². The molecule has 2 heterocycles. The predicted molar refractivity (Wildman–Crippen MR) is 143 cm³/mol. The SMILES string of the molecule is CCN1C(=CC=Cc2occ(-c3ccccc3)[n+]2CC)N(CCCS(=O)(=O)[O-])c2cc(Cl)c(Cl)cc21. The third-order valence-electron chi connectivity index (χ3n) is 5.96. The third kappa shape index (κ3) is 5.62. The minimum atomic E-state index is -4.31. The zero-order chi connectivity index (χ0) is 25.9. The van der Waals surface area contributed by atoms with Gasteiger partial charge in [-0.1, -0.05) is 41.4 Å². The van der Waals surface area contributed by atoms with E-state index in [1.807, 2.05) is 60.4 Å². The van der Waals surface area contributed by atoms with Gasteiger partial charge in [-0.2, -0.15) is 4.57 Å². The van der Waals surface area contributed by atoms with Crippen molar-refractivity contribution in [2.75, 3.05) is 28.6 Å². The summed E-state index contributed by atoms with van der Waals surface area (Å²) in [4.78, 5) is 4.03. The van der Waals surface area contributed by atoms with Gasteiger partial charge in [0.1, 0.15) is 12.4 Å². The number of aromatic nitrogens is 1. The standard InChI is InChI=1S/C26H27Cl2N3O4S/c1-3-29-22-16-20(27)21(28)17-23(22)31(14-9-15-36(32,33)34)25(29)12-8-13-26-30(4-2)24(18-35-26)19-10-6-5-7-11-19/h5-8,10-13,16-18H,3-4,9,14-15H2,1-2H3. The molecule has 0 amide bonds. The van der Waals surface area contributed by atoms with Crippen molar-refractivity contribution in [1.82, 2.24) is 0 Å².